The summed E-state index contributed by atoms with van der Waals surface area (Å²) in [6, 6.07) is 0.179. The molecule has 3 heterocycles. The quantitative estimate of drug-likeness (QED) is 0.866. The van der Waals surface area contributed by atoms with Crippen molar-refractivity contribution in [1.82, 2.24) is 24.2 Å². The second-order valence-corrected chi connectivity index (χ2v) is 7.06. The highest BCUT2D eigenvalue weighted by molar-refractivity contribution is 5.80. The van der Waals surface area contributed by atoms with Gasteiger partial charge in [0.2, 0.25) is 5.91 Å². The lowest BCUT2D eigenvalue weighted by Crippen LogP contribution is -2.41. The van der Waals surface area contributed by atoms with Crippen LogP contribution in [-0.2, 0) is 4.79 Å². The number of aryl methyl sites for hydroxylation is 1. The van der Waals surface area contributed by atoms with Gasteiger partial charge in [-0.05, 0) is 46.1 Å². The van der Waals surface area contributed by atoms with Gasteiger partial charge in [0.25, 0.3) is 0 Å². The number of piperidine rings is 1. The van der Waals surface area contributed by atoms with Gasteiger partial charge in [0.1, 0.15) is 11.9 Å². The Hall–Kier alpha value is -2.11. The monoisotopic (exact) mass is 329 g/mol. The molecule has 0 radical (unpaired) electrons. The third-order valence-electron chi connectivity index (χ3n) is 4.91. The molecule has 1 amide bonds. The highest BCUT2D eigenvalue weighted by atomic mass is 16.2. The van der Waals surface area contributed by atoms with Crippen LogP contribution in [0.25, 0.3) is 0 Å². The summed E-state index contributed by atoms with van der Waals surface area (Å²) < 4.78 is 4.01. The third kappa shape index (κ3) is 3.23. The molecule has 0 aromatic carbocycles. The van der Waals surface area contributed by atoms with Crippen molar-refractivity contribution in [3.63, 3.8) is 0 Å². The van der Waals surface area contributed by atoms with Crippen molar-refractivity contribution < 1.29 is 4.79 Å². The molecule has 0 N–H and O–H groups in total. The minimum absolute atomic E-state index is 0.156. The van der Waals surface area contributed by atoms with E-state index in [1.54, 1.807) is 10.9 Å². The van der Waals surface area contributed by atoms with Crippen LogP contribution in [0.2, 0.25) is 0 Å². The van der Waals surface area contributed by atoms with Crippen LogP contribution < -0.4 is 0 Å². The van der Waals surface area contributed by atoms with Gasteiger partial charge in [0, 0.05) is 43.6 Å². The molecular formula is C18H27N5O. The van der Waals surface area contributed by atoms with Gasteiger partial charge in [0.15, 0.2) is 0 Å². The second kappa shape index (κ2) is 6.79. The molecule has 0 saturated carbocycles. The van der Waals surface area contributed by atoms with Gasteiger partial charge < -0.3 is 9.47 Å². The smallest absolute Gasteiger partial charge is 0.247 e. The lowest BCUT2D eigenvalue weighted by Gasteiger charge is -2.33. The summed E-state index contributed by atoms with van der Waals surface area (Å²) >= 11 is 0. The van der Waals surface area contributed by atoms with E-state index in [1.165, 1.54) is 0 Å². The molecule has 6 nitrogen and oxygen atoms in total. The Morgan fingerprint density at radius 1 is 1.25 bits per heavy atom. The van der Waals surface area contributed by atoms with Gasteiger partial charge >= 0.3 is 0 Å². The fraction of sp³-hybridized carbons (Fsp3) is 0.611. The first-order valence-corrected chi connectivity index (χ1v) is 8.79. The Labute approximate surface area is 143 Å². The normalized spacial score (nSPS) is 17.5. The van der Waals surface area contributed by atoms with E-state index in [-0.39, 0.29) is 11.9 Å². The van der Waals surface area contributed by atoms with Crippen LogP contribution in [0.3, 0.4) is 0 Å². The molecule has 1 fully saturated rings. The largest absolute Gasteiger partial charge is 0.341 e. The first kappa shape index (κ1) is 16.7. The Balaban J connectivity index is 1.62. The summed E-state index contributed by atoms with van der Waals surface area (Å²) in [6.07, 6.45) is 9.60. The number of hydrogen-bond donors (Lipinski definition) is 0. The number of carbonyl (C=O) groups is 1. The first-order valence-electron chi connectivity index (χ1n) is 8.79. The average molecular weight is 329 g/mol. The SMILES string of the molecule is Cc1cnn([C@@H](C)C(=O)N2CCC(c3nccn3C(C)C)CC2)c1. The van der Waals surface area contributed by atoms with E-state index >= 15 is 0 Å². The average Bonchev–Trinajstić information content (AvgIpc) is 3.22. The molecule has 1 saturated heterocycles. The summed E-state index contributed by atoms with van der Waals surface area (Å²) in [7, 11) is 0. The summed E-state index contributed by atoms with van der Waals surface area (Å²) in [6.45, 7) is 9.85. The topological polar surface area (TPSA) is 56.0 Å². The van der Waals surface area contributed by atoms with Crippen molar-refractivity contribution in [2.24, 2.45) is 0 Å². The molecule has 2 aromatic rings. The van der Waals surface area contributed by atoms with Gasteiger partial charge in [-0.25, -0.2) is 4.98 Å². The van der Waals surface area contributed by atoms with Crippen LogP contribution in [-0.4, -0.2) is 43.2 Å². The molecule has 24 heavy (non-hydrogen) atoms. The molecule has 0 unspecified atom stereocenters. The molecular weight excluding hydrogens is 302 g/mol. The van der Waals surface area contributed by atoms with Crippen LogP contribution in [0.15, 0.2) is 24.8 Å². The van der Waals surface area contributed by atoms with Crippen molar-refractivity contribution in [2.75, 3.05) is 13.1 Å². The number of rotatable bonds is 4. The van der Waals surface area contributed by atoms with Crippen LogP contribution >= 0.6 is 0 Å². The molecule has 3 rings (SSSR count). The molecule has 1 aliphatic rings. The maximum Gasteiger partial charge on any atom is 0.247 e. The van der Waals surface area contributed by atoms with E-state index in [0.29, 0.717) is 12.0 Å². The Kier molecular flexibility index (Phi) is 4.73. The van der Waals surface area contributed by atoms with Crippen molar-refractivity contribution in [1.29, 1.82) is 0 Å². The zero-order chi connectivity index (χ0) is 17.3. The van der Waals surface area contributed by atoms with Crippen molar-refractivity contribution in [3.8, 4) is 0 Å². The number of aromatic nitrogens is 4. The third-order valence-corrected chi connectivity index (χ3v) is 4.91. The van der Waals surface area contributed by atoms with E-state index in [2.05, 4.69) is 34.7 Å². The summed E-state index contributed by atoms with van der Waals surface area (Å²) in [4.78, 5) is 19.3. The summed E-state index contributed by atoms with van der Waals surface area (Å²) in [5.41, 5.74) is 1.08. The lowest BCUT2D eigenvalue weighted by molar-refractivity contribution is -0.135. The minimum Gasteiger partial charge on any atom is -0.341 e. The van der Waals surface area contributed by atoms with Crippen LogP contribution in [0.5, 0.6) is 0 Å². The minimum atomic E-state index is -0.243. The standard InChI is InChI=1S/C18H27N5O/c1-13(2)22-10-7-19-17(22)16-5-8-21(9-6-16)18(24)15(4)23-12-14(3)11-20-23/h7,10-13,15-16H,5-6,8-9H2,1-4H3/t15-/m0/s1. The van der Waals surface area contributed by atoms with Crippen LogP contribution in [0.1, 0.15) is 63.0 Å². The van der Waals surface area contributed by atoms with Crippen LogP contribution in [0, 0.1) is 6.92 Å². The zero-order valence-corrected chi connectivity index (χ0v) is 15.0. The fourth-order valence-electron chi connectivity index (χ4n) is 3.46. The highest BCUT2D eigenvalue weighted by Crippen LogP contribution is 2.29. The predicted octanol–water partition coefficient (Wildman–Crippen LogP) is 2.94. The summed E-state index contributed by atoms with van der Waals surface area (Å²) in [5, 5.41) is 4.27. The maximum atomic E-state index is 12.7. The van der Waals surface area contributed by atoms with Crippen LogP contribution in [0.4, 0.5) is 0 Å². The molecule has 2 aromatic heterocycles. The molecule has 0 aliphatic carbocycles. The number of hydrogen-bond acceptors (Lipinski definition) is 3. The number of likely N-dealkylation sites (tertiary alicyclic amines) is 1. The molecule has 0 bridgehead atoms. The molecule has 1 aliphatic heterocycles. The number of nitrogens with zero attached hydrogens (tertiary/aromatic N) is 5. The molecule has 6 heteroatoms. The number of amides is 1. The maximum absolute atomic E-state index is 12.7. The fourth-order valence-corrected chi connectivity index (χ4v) is 3.46. The first-order chi connectivity index (χ1) is 11.5. The number of imidazole rings is 1. The van der Waals surface area contributed by atoms with Crippen molar-refractivity contribution in [2.45, 2.75) is 58.5 Å². The van der Waals surface area contributed by atoms with Gasteiger partial charge in [-0.15, -0.1) is 0 Å². The van der Waals surface area contributed by atoms with Gasteiger partial charge in [-0.2, -0.15) is 5.10 Å². The van der Waals surface area contributed by atoms with Gasteiger partial charge in [-0.1, -0.05) is 0 Å². The van der Waals surface area contributed by atoms with E-state index in [9.17, 15) is 4.79 Å². The van der Waals surface area contributed by atoms with E-state index in [0.717, 1.165) is 37.3 Å². The lowest BCUT2D eigenvalue weighted by atomic mass is 9.95. The van der Waals surface area contributed by atoms with Gasteiger partial charge in [-0.3, -0.25) is 9.48 Å². The highest BCUT2D eigenvalue weighted by Gasteiger charge is 2.29. The Morgan fingerprint density at radius 3 is 2.54 bits per heavy atom. The van der Waals surface area contributed by atoms with E-state index in [4.69, 9.17) is 0 Å². The number of carbonyl (C=O) groups excluding carboxylic acids is 1. The van der Waals surface area contributed by atoms with E-state index in [1.807, 2.05) is 31.1 Å². The molecule has 130 valence electrons. The van der Waals surface area contributed by atoms with Gasteiger partial charge in [0.05, 0.1) is 6.20 Å². The zero-order valence-electron chi connectivity index (χ0n) is 15.0. The van der Waals surface area contributed by atoms with Crippen molar-refractivity contribution in [3.05, 3.63) is 36.2 Å². The predicted molar refractivity (Wildman–Crippen MR) is 92.8 cm³/mol. The Morgan fingerprint density at radius 2 is 1.96 bits per heavy atom. The van der Waals surface area contributed by atoms with E-state index < -0.39 is 0 Å². The second-order valence-electron chi connectivity index (χ2n) is 7.06. The molecule has 0 spiro atoms. The summed E-state index contributed by atoms with van der Waals surface area (Å²) in [5.74, 6) is 1.75. The molecule has 1 atom stereocenters. The Bertz CT molecular complexity index is 694. The van der Waals surface area contributed by atoms with Crippen molar-refractivity contribution >= 4 is 5.91 Å².